The third kappa shape index (κ3) is 5.32. The van der Waals surface area contributed by atoms with Crippen LogP contribution in [0.25, 0.3) is 0 Å². The van der Waals surface area contributed by atoms with E-state index in [0.29, 0.717) is 19.5 Å². The van der Waals surface area contributed by atoms with Gasteiger partial charge >= 0.3 is 0 Å². The van der Waals surface area contributed by atoms with Crippen molar-refractivity contribution < 1.29 is 13.2 Å². The monoisotopic (exact) mass is 480 g/mol. The summed E-state index contributed by atoms with van der Waals surface area (Å²) in [6.45, 7) is 2.68. The van der Waals surface area contributed by atoms with Crippen LogP contribution in [-0.2, 0) is 27.8 Å². The van der Waals surface area contributed by atoms with Crippen LogP contribution >= 0.6 is 11.8 Å². The second-order valence-electron chi connectivity index (χ2n) is 8.22. The molecule has 7 heteroatoms. The maximum Gasteiger partial charge on any atom is 0.243 e. The van der Waals surface area contributed by atoms with E-state index in [-0.39, 0.29) is 17.2 Å². The SMILES string of the molecule is CSc1ccc(CNC(=O)C[C@@H]2c3ccccc3CCN2S(=O)(=O)c2ccc(C)cc2)cc1. The molecule has 1 aliphatic rings. The van der Waals surface area contributed by atoms with Crippen molar-refractivity contribution >= 4 is 27.7 Å². The Hall–Kier alpha value is -2.61. The summed E-state index contributed by atoms with van der Waals surface area (Å²) < 4.78 is 28.6. The van der Waals surface area contributed by atoms with E-state index >= 15 is 0 Å². The maximum absolute atomic E-state index is 13.5. The minimum atomic E-state index is -3.74. The number of fused-ring (bicyclic) bond motifs is 1. The fourth-order valence-electron chi connectivity index (χ4n) is 4.17. The van der Waals surface area contributed by atoms with Gasteiger partial charge in [-0.05, 0) is 60.6 Å². The van der Waals surface area contributed by atoms with E-state index in [2.05, 4.69) is 5.32 Å². The lowest BCUT2D eigenvalue weighted by atomic mass is 9.92. The first-order valence-electron chi connectivity index (χ1n) is 10.9. The molecule has 33 heavy (non-hydrogen) atoms. The number of hydrogen-bond acceptors (Lipinski definition) is 4. The predicted molar refractivity (Wildman–Crippen MR) is 133 cm³/mol. The Balaban J connectivity index is 1.56. The summed E-state index contributed by atoms with van der Waals surface area (Å²) in [7, 11) is -3.74. The molecule has 4 rings (SSSR count). The Morgan fingerprint density at radius 2 is 1.73 bits per heavy atom. The van der Waals surface area contributed by atoms with Crippen LogP contribution in [0, 0.1) is 6.92 Å². The van der Waals surface area contributed by atoms with Crippen molar-refractivity contribution in [3.8, 4) is 0 Å². The van der Waals surface area contributed by atoms with E-state index in [0.717, 1.165) is 22.3 Å². The second kappa shape index (κ2) is 10.1. The molecule has 1 aliphatic heterocycles. The first-order chi connectivity index (χ1) is 15.9. The Bertz CT molecular complexity index is 1220. The van der Waals surface area contributed by atoms with E-state index in [1.165, 1.54) is 9.20 Å². The lowest BCUT2D eigenvalue weighted by molar-refractivity contribution is -0.122. The van der Waals surface area contributed by atoms with E-state index < -0.39 is 16.1 Å². The van der Waals surface area contributed by atoms with Gasteiger partial charge in [-0.3, -0.25) is 4.79 Å². The molecule has 0 saturated heterocycles. The Labute approximate surface area is 200 Å². The number of thioether (sulfide) groups is 1. The van der Waals surface area contributed by atoms with Crippen LogP contribution in [0.2, 0.25) is 0 Å². The van der Waals surface area contributed by atoms with Crippen LogP contribution in [0.3, 0.4) is 0 Å². The summed E-state index contributed by atoms with van der Waals surface area (Å²) in [5, 5.41) is 2.97. The molecule has 0 aliphatic carbocycles. The number of nitrogens with one attached hydrogen (secondary N) is 1. The van der Waals surface area contributed by atoms with Crippen molar-refractivity contribution in [1.82, 2.24) is 9.62 Å². The molecule has 172 valence electrons. The normalized spacial score (nSPS) is 16.2. The lowest BCUT2D eigenvalue weighted by Crippen LogP contribution is -2.42. The molecule has 3 aromatic carbocycles. The highest BCUT2D eigenvalue weighted by atomic mass is 32.2. The van der Waals surface area contributed by atoms with Crippen LogP contribution < -0.4 is 5.32 Å². The van der Waals surface area contributed by atoms with E-state index in [4.69, 9.17) is 0 Å². The van der Waals surface area contributed by atoms with Crippen molar-refractivity contribution in [2.75, 3.05) is 12.8 Å². The number of aryl methyl sites for hydroxylation is 1. The maximum atomic E-state index is 13.5. The quantitative estimate of drug-likeness (QED) is 0.497. The van der Waals surface area contributed by atoms with Crippen LogP contribution in [0.15, 0.2) is 82.6 Å². The molecule has 1 N–H and O–H groups in total. The summed E-state index contributed by atoms with van der Waals surface area (Å²) in [6.07, 6.45) is 2.72. The zero-order valence-electron chi connectivity index (χ0n) is 18.8. The topological polar surface area (TPSA) is 66.5 Å². The lowest BCUT2D eigenvalue weighted by Gasteiger charge is -2.36. The van der Waals surface area contributed by atoms with Gasteiger partial charge in [0.2, 0.25) is 15.9 Å². The summed E-state index contributed by atoms with van der Waals surface area (Å²) in [5.74, 6) is -0.172. The highest BCUT2D eigenvalue weighted by molar-refractivity contribution is 7.98. The van der Waals surface area contributed by atoms with Gasteiger partial charge in [0.15, 0.2) is 0 Å². The minimum absolute atomic E-state index is 0.0744. The number of carbonyl (C=O) groups is 1. The van der Waals surface area contributed by atoms with Gasteiger partial charge in [0.1, 0.15) is 0 Å². The summed E-state index contributed by atoms with van der Waals surface area (Å²) in [5.41, 5.74) is 4.01. The van der Waals surface area contributed by atoms with Gasteiger partial charge in [-0.1, -0.05) is 54.1 Å². The third-order valence-corrected chi connectivity index (χ3v) is 8.68. The van der Waals surface area contributed by atoms with Crippen molar-refractivity contribution in [2.24, 2.45) is 0 Å². The zero-order valence-corrected chi connectivity index (χ0v) is 20.5. The Morgan fingerprint density at radius 3 is 2.42 bits per heavy atom. The molecular weight excluding hydrogens is 452 g/mol. The average Bonchev–Trinajstić information content (AvgIpc) is 2.83. The summed E-state index contributed by atoms with van der Waals surface area (Å²) in [6, 6.07) is 22.2. The minimum Gasteiger partial charge on any atom is -0.352 e. The molecule has 0 spiro atoms. The van der Waals surface area contributed by atoms with Crippen molar-refractivity contribution in [3.63, 3.8) is 0 Å². The van der Waals surface area contributed by atoms with Gasteiger partial charge in [0, 0.05) is 24.4 Å². The number of amides is 1. The first-order valence-corrected chi connectivity index (χ1v) is 13.6. The zero-order chi connectivity index (χ0) is 23.4. The van der Waals surface area contributed by atoms with Crippen LogP contribution in [0.5, 0.6) is 0 Å². The number of benzene rings is 3. The highest BCUT2D eigenvalue weighted by Crippen LogP contribution is 2.36. The number of nitrogens with zero attached hydrogens (tertiary/aromatic N) is 1. The fraction of sp³-hybridized carbons (Fsp3) is 0.269. The average molecular weight is 481 g/mol. The van der Waals surface area contributed by atoms with Crippen LogP contribution in [0.4, 0.5) is 0 Å². The van der Waals surface area contributed by atoms with Crippen LogP contribution in [-0.4, -0.2) is 31.4 Å². The third-order valence-electron chi connectivity index (χ3n) is 6.02. The largest absolute Gasteiger partial charge is 0.352 e. The van der Waals surface area contributed by atoms with Crippen molar-refractivity contribution in [3.05, 3.63) is 95.1 Å². The molecule has 1 atom stereocenters. The number of hydrogen-bond donors (Lipinski definition) is 1. The van der Waals surface area contributed by atoms with Gasteiger partial charge < -0.3 is 5.32 Å². The molecule has 0 fully saturated rings. The summed E-state index contributed by atoms with van der Waals surface area (Å²) >= 11 is 1.67. The second-order valence-corrected chi connectivity index (χ2v) is 11.0. The molecule has 0 radical (unpaired) electrons. The standard InChI is InChI=1S/C26H28N2O3S2/c1-19-7-13-23(14-8-19)33(30,31)28-16-15-21-5-3-4-6-24(21)25(28)17-26(29)27-18-20-9-11-22(32-2)12-10-20/h3-14,25H,15-18H2,1-2H3,(H,27,29)/t25-/m1/s1. The van der Waals surface area contributed by atoms with Crippen molar-refractivity contribution in [1.29, 1.82) is 0 Å². The number of sulfonamides is 1. The van der Waals surface area contributed by atoms with E-state index in [1.54, 1.807) is 36.0 Å². The molecule has 0 unspecified atom stereocenters. The van der Waals surface area contributed by atoms with Gasteiger partial charge in [0.05, 0.1) is 10.9 Å². The first kappa shape index (κ1) is 23.5. The highest BCUT2D eigenvalue weighted by Gasteiger charge is 2.37. The van der Waals surface area contributed by atoms with Gasteiger partial charge in [0.25, 0.3) is 0 Å². The fourth-order valence-corrected chi connectivity index (χ4v) is 6.18. The van der Waals surface area contributed by atoms with Crippen LogP contribution in [0.1, 0.15) is 34.7 Å². The van der Waals surface area contributed by atoms with Gasteiger partial charge in [-0.25, -0.2) is 8.42 Å². The van der Waals surface area contributed by atoms with E-state index in [9.17, 15) is 13.2 Å². The molecule has 0 aromatic heterocycles. The molecule has 5 nitrogen and oxygen atoms in total. The predicted octanol–water partition coefficient (Wildman–Crippen LogP) is 4.71. The Morgan fingerprint density at radius 1 is 1.03 bits per heavy atom. The number of carbonyl (C=O) groups excluding carboxylic acids is 1. The molecule has 0 bridgehead atoms. The number of rotatable bonds is 7. The Kier molecular flexibility index (Phi) is 7.22. The van der Waals surface area contributed by atoms with Gasteiger partial charge in [-0.15, -0.1) is 11.8 Å². The molecular formula is C26H28N2O3S2. The molecule has 0 saturated carbocycles. The molecule has 3 aromatic rings. The van der Waals surface area contributed by atoms with Gasteiger partial charge in [-0.2, -0.15) is 4.31 Å². The summed E-state index contributed by atoms with van der Waals surface area (Å²) in [4.78, 5) is 14.4. The molecule has 1 heterocycles. The smallest absolute Gasteiger partial charge is 0.243 e. The van der Waals surface area contributed by atoms with E-state index in [1.807, 2.05) is 61.7 Å². The molecule has 1 amide bonds. The van der Waals surface area contributed by atoms with Crippen molar-refractivity contribution in [2.45, 2.75) is 42.1 Å².